The normalized spacial score (nSPS) is 10.9. The van der Waals surface area contributed by atoms with Crippen LogP contribution in [0.25, 0.3) is 0 Å². The maximum absolute atomic E-state index is 13.1. The molecule has 1 N–H and O–H groups in total. The van der Waals surface area contributed by atoms with Gasteiger partial charge in [0.25, 0.3) is 0 Å². The van der Waals surface area contributed by atoms with Gasteiger partial charge in [-0.25, -0.2) is 4.39 Å². The Morgan fingerprint density at radius 2 is 2.40 bits per heavy atom. The van der Waals surface area contributed by atoms with Gasteiger partial charge in [-0.1, -0.05) is 11.8 Å². The highest BCUT2D eigenvalue weighted by atomic mass is 79.9. The van der Waals surface area contributed by atoms with Gasteiger partial charge in [0, 0.05) is 5.69 Å². The number of amidine groups is 1. The van der Waals surface area contributed by atoms with E-state index in [1.165, 1.54) is 17.8 Å². The van der Waals surface area contributed by atoms with Crippen LogP contribution in [0, 0.1) is 17.3 Å². The molecule has 6 heteroatoms. The van der Waals surface area contributed by atoms with Gasteiger partial charge < -0.3 is 5.32 Å². The minimum atomic E-state index is -0.364. The summed E-state index contributed by atoms with van der Waals surface area (Å²) >= 11 is 4.33. The van der Waals surface area contributed by atoms with E-state index in [0.717, 1.165) is 0 Å². The summed E-state index contributed by atoms with van der Waals surface area (Å²) in [6, 6.07) is 4.60. The Labute approximate surface area is 99.5 Å². The maximum Gasteiger partial charge on any atom is 0.208 e. The van der Waals surface area contributed by atoms with Crippen molar-refractivity contribution in [2.45, 2.75) is 0 Å². The zero-order valence-corrected chi connectivity index (χ0v) is 10.2. The van der Waals surface area contributed by atoms with E-state index >= 15 is 0 Å². The number of benzene rings is 1. The molecular weight excluding hydrogens is 281 g/mol. The summed E-state index contributed by atoms with van der Waals surface area (Å²) < 4.78 is 13.5. The zero-order chi connectivity index (χ0) is 11.3. The summed E-state index contributed by atoms with van der Waals surface area (Å²) in [5.41, 5.74) is 0.555. The van der Waals surface area contributed by atoms with Gasteiger partial charge in [-0.05, 0) is 40.4 Å². The first-order valence-electron chi connectivity index (χ1n) is 3.90. The molecule has 3 nitrogen and oxygen atoms in total. The standard InChI is InChI=1S/C9H7BrFN3S/c1-15-9(13-5-12)14-6-2-3-7(10)8(11)4-6/h2-4H,1H3,(H,13,14). The van der Waals surface area contributed by atoms with E-state index < -0.39 is 0 Å². The summed E-state index contributed by atoms with van der Waals surface area (Å²) in [4.78, 5) is 3.53. The number of aliphatic imine (C=N–C) groups is 1. The van der Waals surface area contributed by atoms with E-state index in [9.17, 15) is 4.39 Å². The van der Waals surface area contributed by atoms with Crippen molar-refractivity contribution in [1.82, 2.24) is 0 Å². The molecule has 0 aliphatic heterocycles. The van der Waals surface area contributed by atoms with Crippen molar-refractivity contribution in [1.29, 1.82) is 5.26 Å². The highest BCUT2D eigenvalue weighted by Gasteiger charge is 2.02. The van der Waals surface area contributed by atoms with Crippen molar-refractivity contribution in [2.75, 3.05) is 11.6 Å². The Kier molecular flexibility index (Phi) is 4.59. The molecule has 1 aromatic rings. The second kappa shape index (κ2) is 5.73. The van der Waals surface area contributed by atoms with Gasteiger partial charge in [0.2, 0.25) is 6.19 Å². The molecule has 0 aromatic heterocycles. The number of nitriles is 1. The lowest BCUT2D eigenvalue weighted by Crippen LogP contribution is -2.06. The van der Waals surface area contributed by atoms with Crippen LogP contribution in [-0.2, 0) is 0 Å². The lowest BCUT2D eigenvalue weighted by Gasteiger charge is -2.05. The second-order valence-electron chi connectivity index (χ2n) is 2.47. The van der Waals surface area contributed by atoms with Crippen molar-refractivity contribution in [3.8, 4) is 6.19 Å². The third-order valence-electron chi connectivity index (χ3n) is 1.52. The highest BCUT2D eigenvalue weighted by molar-refractivity contribution is 9.10. The van der Waals surface area contributed by atoms with Gasteiger partial charge in [-0.2, -0.15) is 5.26 Å². The van der Waals surface area contributed by atoms with Crippen LogP contribution in [0.5, 0.6) is 0 Å². The quantitative estimate of drug-likeness (QED) is 0.490. The van der Waals surface area contributed by atoms with E-state index in [0.29, 0.717) is 15.3 Å². The number of nitrogens with zero attached hydrogens (tertiary/aromatic N) is 2. The molecule has 0 saturated heterocycles. The molecular formula is C9H7BrFN3S. The van der Waals surface area contributed by atoms with Gasteiger partial charge in [0.05, 0.1) is 4.47 Å². The fraction of sp³-hybridized carbons (Fsp3) is 0.111. The molecule has 0 heterocycles. The summed E-state index contributed by atoms with van der Waals surface area (Å²) in [6.07, 6.45) is 3.44. The number of halogens is 2. The largest absolute Gasteiger partial charge is 0.334 e. The molecule has 78 valence electrons. The SMILES string of the molecule is CS/C(=N\C#N)Nc1ccc(Br)c(F)c1. The number of anilines is 1. The summed E-state index contributed by atoms with van der Waals surface area (Å²) in [5, 5.41) is 11.6. The molecule has 0 unspecified atom stereocenters. The van der Waals surface area contributed by atoms with Crippen LogP contribution in [0.2, 0.25) is 0 Å². The van der Waals surface area contributed by atoms with Crippen molar-refractivity contribution in [2.24, 2.45) is 4.99 Å². The molecule has 1 rings (SSSR count). The van der Waals surface area contributed by atoms with Crippen molar-refractivity contribution in [3.63, 3.8) is 0 Å². The number of thioether (sulfide) groups is 1. The van der Waals surface area contributed by atoms with Crippen LogP contribution in [0.4, 0.5) is 10.1 Å². The lowest BCUT2D eigenvalue weighted by molar-refractivity contribution is 0.622. The van der Waals surface area contributed by atoms with E-state index in [1.807, 2.05) is 0 Å². The van der Waals surface area contributed by atoms with Crippen molar-refractivity contribution < 1.29 is 4.39 Å². The maximum atomic E-state index is 13.1. The molecule has 0 atom stereocenters. The first-order valence-corrected chi connectivity index (χ1v) is 5.92. The number of hydrogen-bond donors (Lipinski definition) is 1. The Hall–Kier alpha value is -1.06. The molecule has 0 bridgehead atoms. The Morgan fingerprint density at radius 3 is 2.93 bits per heavy atom. The lowest BCUT2D eigenvalue weighted by atomic mass is 10.3. The fourth-order valence-corrected chi connectivity index (χ4v) is 1.47. The summed E-state index contributed by atoms with van der Waals surface area (Å²) in [6.45, 7) is 0. The summed E-state index contributed by atoms with van der Waals surface area (Å²) in [7, 11) is 0. The van der Waals surface area contributed by atoms with Crippen LogP contribution in [0.1, 0.15) is 0 Å². The van der Waals surface area contributed by atoms with Gasteiger partial charge in [-0.15, -0.1) is 4.99 Å². The topological polar surface area (TPSA) is 48.2 Å². The first-order chi connectivity index (χ1) is 7.17. The average molecular weight is 288 g/mol. The molecule has 1 aromatic carbocycles. The van der Waals surface area contributed by atoms with Crippen molar-refractivity contribution >= 4 is 38.5 Å². The molecule has 0 spiro atoms. The molecule has 0 aliphatic rings. The van der Waals surface area contributed by atoms with Crippen LogP contribution < -0.4 is 5.32 Å². The van der Waals surface area contributed by atoms with E-state index in [2.05, 4.69) is 26.2 Å². The minimum absolute atomic E-state index is 0.364. The van der Waals surface area contributed by atoms with Gasteiger partial charge in [0.15, 0.2) is 5.17 Å². The second-order valence-corrected chi connectivity index (χ2v) is 4.12. The van der Waals surface area contributed by atoms with Crippen molar-refractivity contribution in [3.05, 3.63) is 28.5 Å². The third-order valence-corrected chi connectivity index (χ3v) is 2.74. The molecule has 0 aliphatic carbocycles. The molecule has 0 radical (unpaired) electrons. The van der Waals surface area contributed by atoms with Crippen LogP contribution in [-0.4, -0.2) is 11.4 Å². The van der Waals surface area contributed by atoms with Gasteiger partial charge in [-0.3, -0.25) is 0 Å². The zero-order valence-electron chi connectivity index (χ0n) is 7.79. The summed E-state index contributed by atoms with van der Waals surface area (Å²) in [5.74, 6) is -0.364. The number of nitrogens with one attached hydrogen (secondary N) is 1. The smallest absolute Gasteiger partial charge is 0.208 e. The first kappa shape index (κ1) is 12.0. The minimum Gasteiger partial charge on any atom is -0.334 e. The average Bonchev–Trinajstić information content (AvgIpc) is 2.23. The third kappa shape index (κ3) is 3.53. The highest BCUT2D eigenvalue weighted by Crippen LogP contribution is 2.20. The molecule has 0 fully saturated rings. The van der Waals surface area contributed by atoms with Gasteiger partial charge >= 0.3 is 0 Å². The van der Waals surface area contributed by atoms with E-state index in [1.54, 1.807) is 24.6 Å². The van der Waals surface area contributed by atoms with E-state index in [-0.39, 0.29) is 5.82 Å². The number of rotatable bonds is 1. The molecule has 15 heavy (non-hydrogen) atoms. The van der Waals surface area contributed by atoms with Crippen LogP contribution in [0.15, 0.2) is 27.7 Å². The van der Waals surface area contributed by atoms with Crippen LogP contribution in [0.3, 0.4) is 0 Å². The predicted octanol–water partition coefficient (Wildman–Crippen LogP) is 3.20. The number of hydrogen-bond acceptors (Lipinski definition) is 3. The van der Waals surface area contributed by atoms with E-state index in [4.69, 9.17) is 5.26 Å². The van der Waals surface area contributed by atoms with Crippen LogP contribution >= 0.6 is 27.7 Å². The Morgan fingerprint density at radius 1 is 1.67 bits per heavy atom. The molecule has 0 saturated carbocycles. The Balaban J connectivity index is 2.86. The Bertz CT molecular complexity index is 428. The van der Waals surface area contributed by atoms with Gasteiger partial charge in [0.1, 0.15) is 5.82 Å². The molecule has 0 amide bonds. The monoisotopic (exact) mass is 287 g/mol. The fourth-order valence-electron chi connectivity index (χ4n) is 0.867. The predicted molar refractivity (Wildman–Crippen MR) is 64.3 cm³/mol.